The Hall–Kier alpha value is -1.65. The second-order valence-electron chi connectivity index (χ2n) is 6.51. The average molecular weight is 487 g/mol. The van der Waals surface area contributed by atoms with Crippen molar-refractivity contribution in [3.63, 3.8) is 0 Å². The molecule has 0 radical (unpaired) electrons. The van der Waals surface area contributed by atoms with E-state index in [9.17, 15) is 9.59 Å². The van der Waals surface area contributed by atoms with E-state index < -0.39 is 23.6 Å². The van der Waals surface area contributed by atoms with Gasteiger partial charge in [0.15, 0.2) is 11.8 Å². The Labute approximate surface area is 173 Å². The Kier molecular flexibility index (Phi) is 7.63. The molecule has 1 aromatic rings. The largest absolute Gasteiger partial charge is 0.357 e. The van der Waals surface area contributed by atoms with Gasteiger partial charge in [0.05, 0.1) is 0 Å². The van der Waals surface area contributed by atoms with Crippen LogP contribution in [0.15, 0.2) is 30.8 Å². The predicted octanol–water partition coefficient (Wildman–Crippen LogP) is 2.27. The zero-order valence-electron chi connectivity index (χ0n) is 15.9. The topological polar surface area (TPSA) is 79.9 Å². The first-order valence-corrected chi connectivity index (χ1v) is 9.87. The minimum Gasteiger partial charge on any atom is -0.357 e. The molecule has 1 unspecified atom stereocenters. The summed E-state index contributed by atoms with van der Waals surface area (Å²) in [4.78, 5) is 32.4. The van der Waals surface area contributed by atoms with Gasteiger partial charge in [0.25, 0.3) is 11.8 Å². The van der Waals surface area contributed by atoms with Gasteiger partial charge in [-0.25, -0.2) is 10.3 Å². The molecule has 27 heavy (non-hydrogen) atoms. The number of hydrogen-bond donors (Lipinski definition) is 2. The van der Waals surface area contributed by atoms with Gasteiger partial charge < -0.3 is 15.0 Å². The molecule has 2 atom stereocenters. The van der Waals surface area contributed by atoms with E-state index in [0.717, 1.165) is 22.0 Å². The van der Waals surface area contributed by atoms with Crippen LogP contribution in [0.25, 0.3) is 5.70 Å². The third kappa shape index (κ3) is 4.99. The zero-order valence-corrected chi connectivity index (χ0v) is 18.0. The van der Waals surface area contributed by atoms with Crippen molar-refractivity contribution in [3.05, 3.63) is 40.0 Å². The molecule has 7 nitrogen and oxygen atoms in total. The fourth-order valence-corrected chi connectivity index (χ4v) is 3.14. The van der Waals surface area contributed by atoms with Gasteiger partial charge in [0.1, 0.15) is 0 Å². The van der Waals surface area contributed by atoms with E-state index in [4.69, 9.17) is 9.57 Å². The van der Waals surface area contributed by atoms with E-state index >= 15 is 0 Å². The lowest BCUT2D eigenvalue weighted by atomic mass is 9.96. The van der Waals surface area contributed by atoms with Crippen LogP contribution in [-0.2, 0) is 19.2 Å². The minimum atomic E-state index is -1.55. The molecular weight excluding hydrogens is 461 g/mol. The van der Waals surface area contributed by atoms with Crippen molar-refractivity contribution in [2.45, 2.75) is 38.0 Å². The number of carbonyl (C=O) groups is 2. The SMILES string of the molecule is C=C(c1ccc(I)cc1)N(C)[C@@](C)(C(=O)NC)C(=O)NOC1CCCCO1. The van der Waals surface area contributed by atoms with Crippen LogP contribution in [0.2, 0.25) is 0 Å². The number of nitrogens with zero attached hydrogens (tertiary/aromatic N) is 1. The predicted molar refractivity (Wildman–Crippen MR) is 111 cm³/mol. The van der Waals surface area contributed by atoms with Crippen LogP contribution in [0.3, 0.4) is 0 Å². The standard InChI is InChI=1S/C19H26IN3O4/c1-13(14-8-10-15(20)11-9-14)23(4)19(2,17(24)21-3)18(25)22-27-16-7-5-6-12-26-16/h8-11,16H,1,5-7,12H2,2-4H3,(H,21,24)(H,22,25)/t16?,19-/m0/s1. The molecule has 0 aliphatic carbocycles. The van der Waals surface area contributed by atoms with Gasteiger partial charge in [0.2, 0.25) is 0 Å². The van der Waals surface area contributed by atoms with E-state index in [1.54, 1.807) is 11.9 Å². The smallest absolute Gasteiger partial charge is 0.279 e. The van der Waals surface area contributed by atoms with Crippen LogP contribution in [0.1, 0.15) is 31.7 Å². The quantitative estimate of drug-likeness (QED) is 0.351. The van der Waals surface area contributed by atoms with Gasteiger partial charge in [-0.3, -0.25) is 9.59 Å². The number of nitrogens with one attached hydrogen (secondary N) is 2. The van der Waals surface area contributed by atoms with E-state index in [1.165, 1.54) is 14.0 Å². The lowest BCUT2D eigenvalue weighted by molar-refractivity contribution is -0.204. The Morgan fingerprint density at radius 2 is 1.96 bits per heavy atom. The van der Waals surface area contributed by atoms with Crippen molar-refractivity contribution in [1.29, 1.82) is 0 Å². The second kappa shape index (κ2) is 9.52. The van der Waals surface area contributed by atoms with Crippen LogP contribution >= 0.6 is 22.6 Å². The summed E-state index contributed by atoms with van der Waals surface area (Å²) in [6, 6.07) is 7.68. The lowest BCUT2D eigenvalue weighted by Crippen LogP contribution is -2.63. The summed E-state index contributed by atoms with van der Waals surface area (Å²) in [5.41, 5.74) is 2.20. The maximum absolute atomic E-state index is 12.9. The van der Waals surface area contributed by atoms with Crippen molar-refractivity contribution >= 4 is 40.1 Å². The van der Waals surface area contributed by atoms with Gasteiger partial charge in [0, 0.05) is 36.4 Å². The zero-order chi connectivity index (χ0) is 20.0. The highest BCUT2D eigenvalue weighted by Crippen LogP contribution is 2.26. The Bertz CT molecular complexity index is 689. The molecule has 2 N–H and O–H groups in total. The number of rotatable bonds is 7. The Balaban J connectivity index is 2.17. The monoisotopic (exact) mass is 487 g/mol. The van der Waals surface area contributed by atoms with Crippen LogP contribution < -0.4 is 10.8 Å². The lowest BCUT2D eigenvalue weighted by Gasteiger charge is -2.38. The summed E-state index contributed by atoms with van der Waals surface area (Å²) < 4.78 is 6.53. The van der Waals surface area contributed by atoms with E-state index in [1.807, 2.05) is 24.3 Å². The van der Waals surface area contributed by atoms with Crippen LogP contribution in [0, 0.1) is 3.57 Å². The van der Waals surface area contributed by atoms with Crippen LogP contribution in [0.4, 0.5) is 0 Å². The van der Waals surface area contributed by atoms with Crippen molar-refractivity contribution in [2.24, 2.45) is 0 Å². The fourth-order valence-electron chi connectivity index (χ4n) is 2.78. The summed E-state index contributed by atoms with van der Waals surface area (Å²) in [6.45, 7) is 6.19. The molecular formula is C19H26IN3O4. The first-order valence-electron chi connectivity index (χ1n) is 8.79. The van der Waals surface area contributed by atoms with Crippen LogP contribution in [-0.4, -0.2) is 49.2 Å². The van der Waals surface area contributed by atoms with Crippen molar-refractivity contribution in [2.75, 3.05) is 20.7 Å². The van der Waals surface area contributed by atoms with Gasteiger partial charge >= 0.3 is 0 Å². The normalized spacial score (nSPS) is 18.9. The molecule has 8 heteroatoms. The Morgan fingerprint density at radius 1 is 1.30 bits per heavy atom. The van der Waals surface area contributed by atoms with Crippen molar-refractivity contribution in [3.8, 4) is 0 Å². The third-order valence-corrected chi connectivity index (χ3v) is 5.50. The van der Waals surface area contributed by atoms with Gasteiger partial charge in [-0.1, -0.05) is 18.7 Å². The highest BCUT2D eigenvalue weighted by molar-refractivity contribution is 14.1. The molecule has 1 saturated heterocycles. The van der Waals surface area contributed by atoms with Crippen molar-refractivity contribution < 1.29 is 19.2 Å². The van der Waals surface area contributed by atoms with Crippen LogP contribution in [0.5, 0.6) is 0 Å². The number of likely N-dealkylation sites (N-methyl/N-ethyl adjacent to an activating group) is 2. The summed E-state index contributed by atoms with van der Waals surface area (Å²) in [5.74, 6) is -1.06. The highest BCUT2D eigenvalue weighted by atomic mass is 127. The molecule has 0 aromatic heterocycles. The summed E-state index contributed by atoms with van der Waals surface area (Å²) in [7, 11) is 3.15. The Morgan fingerprint density at radius 3 is 2.52 bits per heavy atom. The summed E-state index contributed by atoms with van der Waals surface area (Å²) in [5, 5.41) is 2.55. The highest BCUT2D eigenvalue weighted by Gasteiger charge is 2.46. The molecule has 0 spiro atoms. The molecule has 1 aromatic carbocycles. The number of hydroxylamine groups is 1. The van der Waals surface area contributed by atoms with E-state index in [0.29, 0.717) is 18.7 Å². The molecule has 2 rings (SSSR count). The first kappa shape index (κ1) is 21.6. The van der Waals surface area contributed by atoms with Crippen molar-refractivity contribution in [1.82, 2.24) is 15.7 Å². The molecule has 1 heterocycles. The minimum absolute atomic E-state index is 0.470. The number of ether oxygens (including phenoxy) is 1. The molecule has 2 amide bonds. The molecule has 0 saturated carbocycles. The molecule has 1 fully saturated rings. The third-order valence-electron chi connectivity index (χ3n) is 4.79. The number of amides is 2. The number of carbonyl (C=O) groups excluding carboxylic acids is 2. The molecule has 1 aliphatic heterocycles. The summed E-state index contributed by atoms with van der Waals surface area (Å²) in [6.07, 6.45) is 2.14. The average Bonchev–Trinajstić information content (AvgIpc) is 2.70. The van der Waals surface area contributed by atoms with Gasteiger partial charge in [-0.2, -0.15) is 0 Å². The fraction of sp³-hybridized carbons (Fsp3) is 0.474. The maximum atomic E-state index is 12.9. The maximum Gasteiger partial charge on any atom is 0.279 e. The molecule has 148 valence electrons. The van der Waals surface area contributed by atoms with E-state index in [2.05, 4.69) is 40.0 Å². The second-order valence-corrected chi connectivity index (χ2v) is 7.75. The number of hydrogen-bond acceptors (Lipinski definition) is 5. The summed E-state index contributed by atoms with van der Waals surface area (Å²) >= 11 is 2.21. The molecule has 0 bridgehead atoms. The van der Waals surface area contributed by atoms with Gasteiger partial charge in [-0.05, 0) is 60.1 Å². The van der Waals surface area contributed by atoms with Gasteiger partial charge in [-0.15, -0.1) is 0 Å². The molecule has 1 aliphatic rings. The number of halogens is 1. The number of benzene rings is 1. The first-order chi connectivity index (χ1) is 12.8. The van der Waals surface area contributed by atoms with E-state index in [-0.39, 0.29) is 0 Å².